The van der Waals surface area contributed by atoms with E-state index in [1.54, 1.807) is 20.8 Å². The average Bonchev–Trinajstić information content (AvgIpc) is 2.72. The Morgan fingerprint density at radius 3 is 2.33 bits per heavy atom. The summed E-state index contributed by atoms with van der Waals surface area (Å²) < 4.78 is 60.3. The SMILES string of the molecule is CC(C)(C)OC(=O)N1CCC[C@H](C(=O)N[C@H]2CCCN(S(=O)(=O)c3c(F)cccc3F)C2)C1. The lowest BCUT2D eigenvalue weighted by atomic mass is 9.96. The number of hydrogen-bond donors (Lipinski definition) is 1. The summed E-state index contributed by atoms with van der Waals surface area (Å²) in [5.74, 6) is -3.01. The van der Waals surface area contributed by atoms with Gasteiger partial charge < -0.3 is 15.0 Å². The Hall–Kier alpha value is -2.27. The van der Waals surface area contributed by atoms with Crippen molar-refractivity contribution in [2.75, 3.05) is 26.2 Å². The van der Waals surface area contributed by atoms with Crippen LogP contribution in [-0.2, 0) is 19.6 Å². The van der Waals surface area contributed by atoms with E-state index in [2.05, 4.69) is 5.32 Å². The van der Waals surface area contributed by atoms with Crippen LogP contribution in [0.15, 0.2) is 23.1 Å². The van der Waals surface area contributed by atoms with E-state index in [0.717, 1.165) is 22.5 Å². The topological polar surface area (TPSA) is 96.0 Å². The van der Waals surface area contributed by atoms with Gasteiger partial charge in [0.15, 0.2) is 4.90 Å². The summed E-state index contributed by atoms with van der Waals surface area (Å²) >= 11 is 0. The Morgan fingerprint density at radius 2 is 1.70 bits per heavy atom. The molecule has 2 saturated heterocycles. The predicted molar refractivity (Wildman–Crippen MR) is 117 cm³/mol. The molecule has 2 fully saturated rings. The van der Waals surface area contributed by atoms with Crippen LogP contribution in [0.25, 0.3) is 0 Å². The zero-order valence-corrected chi connectivity index (χ0v) is 20.0. The van der Waals surface area contributed by atoms with Crippen molar-refractivity contribution in [3.05, 3.63) is 29.8 Å². The molecule has 2 heterocycles. The predicted octanol–water partition coefficient (Wildman–Crippen LogP) is 2.88. The Morgan fingerprint density at radius 1 is 1.06 bits per heavy atom. The van der Waals surface area contributed by atoms with Crippen LogP contribution in [0.4, 0.5) is 13.6 Å². The second-order valence-corrected chi connectivity index (χ2v) is 11.4. The minimum Gasteiger partial charge on any atom is -0.444 e. The molecule has 2 aliphatic heterocycles. The molecule has 184 valence electrons. The second kappa shape index (κ2) is 9.92. The molecule has 33 heavy (non-hydrogen) atoms. The molecule has 1 aromatic carbocycles. The zero-order valence-electron chi connectivity index (χ0n) is 19.1. The smallest absolute Gasteiger partial charge is 0.410 e. The molecule has 0 radical (unpaired) electrons. The first-order chi connectivity index (χ1) is 15.4. The third-order valence-corrected chi connectivity index (χ3v) is 7.61. The highest BCUT2D eigenvalue weighted by Crippen LogP contribution is 2.26. The van der Waals surface area contributed by atoms with Gasteiger partial charge in [-0.05, 0) is 58.6 Å². The van der Waals surface area contributed by atoms with Crippen LogP contribution in [0.3, 0.4) is 0 Å². The Kier molecular flexibility index (Phi) is 7.62. The van der Waals surface area contributed by atoms with Gasteiger partial charge in [0.05, 0.1) is 5.92 Å². The van der Waals surface area contributed by atoms with E-state index in [1.807, 2.05) is 0 Å². The third-order valence-electron chi connectivity index (χ3n) is 5.69. The second-order valence-electron chi connectivity index (χ2n) is 9.53. The molecule has 0 bridgehead atoms. The summed E-state index contributed by atoms with van der Waals surface area (Å²) in [5, 5.41) is 2.87. The number of ether oxygens (including phenoxy) is 1. The molecule has 0 aliphatic carbocycles. The van der Waals surface area contributed by atoms with E-state index in [9.17, 15) is 26.8 Å². The van der Waals surface area contributed by atoms with Crippen LogP contribution in [0.5, 0.6) is 0 Å². The number of likely N-dealkylation sites (tertiary alicyclic amines) is 1. The molecule has 1 aromatic rings. The summed E-state index contributed by atoms with van der Waals surface area (Å²) in [5.41, 5.74) is -0.638. The first-order valence-corrected chi connectivity index (χ1v) is 12.5. The molecule has 2 atom stereocenters. The summed E-state index contributed by atoms with van der Waals surface area (Å²) in [6, 6.07) is 2.41. The number of benzene rings is 1. The molecule has 2 amide bonds. The Balaban J connectivity index is 1.63. The molecule has 8 nitrogen and oxygen atoms in total. The molecule has 0 saturated carbocycles. The fourth-order valence-electron chi connectivity index (χ4n) is 4.14. The van der Waals surface area contributed by atoms with E-state index < -0.39 is 50.2 Å². The number of halogens is 2. The first-order valence-electron chi connectivity index (χ1n) is 11.1. The largest absolute Gasteiger partial charge is 0.444 e. The van der Waals surface area contributed by atoms with Crippen molar-refractivity contribution < 1.29 is 31.5 Å². The van der Waals surface area contributed by atoms with Gasteiger partial charge in [0, 0.05) is 32.2 Å². The highest BCUT2D eigenvalue weighted by Gasteiger charge is 2.36. The van der Waals surface area contributed by atoms with Crippen LogP contribution >= 0.6 is 0 Å². The number of piperidine rings is 2. The lowest BCUT2D eigenvalue weighted by Crippen LogP contribution is -2.53. The molecule has 3 rings (SSSR count). The fraction of sp³-hybridized carbons (Fsp3) is 0.636. The highest BCUT2D eigenvalue weighted by molar-refractivity contribution is 7.89. The van der Waals surface area contributed by atoms with Gasteiger partial charge in [0.25, 0.3) is 0 Å². The van der Waals surface area contributed by atoms with E-state index in [1.165, 1.54) is 4.90 Å². The van der Waals surface area contributed by atoms with Crippen molar-refractivity contribution in [1.82, 2.24) is 14.5 Å². The number of carbonyl (C=O) groups excluding carboxylic acids is 2. The summed E-state index contributed by atoms with van der Waals surface area (Å²) in [7, 11) is -4.39. The molecular formula is C22H31F2N3O5S. The van der Waals surface area contributed by atoms with Crippen LogP contribution in [0, 0.1) is 17.6 Å². The number of rotatable bonds is 4. The molecule has 1 N–H and O–H groups in total. The lowest BCUT2D eigenvalue weighted by molar-refractivity contribution is -0.127. The lowest BCUT2D eigenvalue weighted by Gasteiger charge is -2.36. The number of sulfonamides is 1. The van der Waals surface area contributed by atoms with E-state index in [4.69, 9.17) is 4.74 Å². The van der Waals surface area contributed by atoms with Gasteiger partial charge in [0.1, 0.15) is 17.2 Å². The van der Waals surface area contributed by atoms with Gasteiger partial charge >= 0.3 is 6.09 Å². The van der Waals surface area contributed by atoms with Gasteiger partial charge in [-0.2, -0.15) is 4.31 Å². The van der Waals surface area contributed by atoms with E-state index in [0.29, 0.717) is 32.2 Å². The minimum atomic E-state index is -4.39. The van der Waals surface area contributed by atoms with E-state index in [-0.39, 0.29) is 25.5 Å². The van der Waals surface area contributed by atoms with Gasteiger partial charge in [-0.25, -0.2) is 22.0 Å². The zero-order chi connectivity index (χ0) is 24.4. The molecule has 0 spiro atoms. The maximum absolute atomic E-state index is 14.1. The van der Waals surface area contributed by atoms with Crippen LogP contribution in [0.2, 0.25) is 0 Å². The monoisotopic (exact) mass is 487 g/mol. The maximum Gasteiger partial charge on any atom is 0.410 e. The molecular weight excluding hydrogens is 456 g/mol. The third kappa shape index (κ3) is 6.20. The molecule has 2 aliphatic rings. The van der Waals surface area contributed by atoms with Gasteiger partial charge in [-0.1, -0.05) is 6.07 Å². The number of nitrogens with one attached hydrogen (secondary N) is 1. The van der Waals surface area contributed by atoms with Crippen molar-refractivity contribution in [2.24, 2.45) is 5.92 Å². The first kappa shape index (κ1) is 25.4. The van der Waals surface area contributed by atoms with Crippen molar-refractivity contribution in [1.29, 1.82) is 0 Å². The van der Waals surface area contributed by atoms with Gasteiger partial charge in [-0.3, -0.25) is 4.79 Å². The summed E-state index contributed by atoms with van der Waals surface area (Å²) in [6.45, 7) is 6.07. The van der Waals surface area contributed by atoms with E-state index >= 15 is 0 Å². The Labute approximate surface area is 193 Å². The maximum atomic E-state index is 14.1. The molecule has 11 heteroatoms. The summed E-state index contributed by atoms with van der Waals surface area (Å²) in [6.07, 6.45) is 1.76. The molecule has 0 aromatic heterocycles. The van der Waals surface area contributed by atoms with Gasteiger partial charge in [0.2, 0.25) is 15.9 Å². The highest BCUT2D eigenvalue weighted by atomic mass is 32.2. The Bertz CT molecular complexity index is 976. The van der Waals surface area contributed by atoms with Crippen molar-refractivity contribution in [3.8, 4) is 0 Å². The van der Waals surface area contributed by atoms with Crippen LogP contribution in [-0.4, -0.2) is 67.4 Å². The van der Waals surface area contributed by atoms with Crippen LogP contribution < -0.4 is 5.32 Å². The van der Waals surface area contributed by atoms with Crippen LogP contribution in [0.1, 0.15) is 46.5 Å². The van der Waals surface area contributed by atoms with Gasteiger partial charge in [-0.15, -0.1) is 0 Å². The average molecular weight is 488 g/mol. The van der Waals surface area contributed by atoms with Crippen molar-refractivity contribution in [2.45, 2.75) is 63.0 Å². The minimum absolute atomic E-state index is 0.0790. The van der Waals surface area contributed by atoms with Crippen molar-refractivity contribution in [3.63, 3.8) is 0 Å². The summed E-state index contributed by atoms with van der Waals surface area (Å²) in [4.78, 5) is 25.8. The standard InChI is InChI=1S/C22H31F2N3O5S/c1-22(2,3)32-21(29)26-11-5-7-15(13-26)20(28)25-16-8-6-12-27(14-16)33(30,31)19-17(23)9-4-10-18(19)24/h4,9-10,15-16H,5-8,11-14H2,1-3H3,(H,25,28)/t15-,16-/m0/s1. The number of nitrogens with zero attached hydrogens (tertiary/aromatic N) is 2. The fourth-order valence-corrected chi connectivity index (χ4v) is 5.77. The number of hydrogen-bond acceptors (Lipinski definition) is 5. The quantitative estimate of drug-likeness (QED) is 0.705. The normalized spacial score (nSPS) is 22.6. The van der Waals surface area contributed by atoms with Crippen molar-refractivity contribution >= 4 is 22.0 Å². The number of carbonyl (C=O) groups is 2. The number of amides is 2. The molecule has 0 unspecified atom stereocenters.